The van der Waals surface area contributed by atoms with Crippen LogP contribution in [0.4, 0.5) is 10.5 Å². The normalized spacial score (nSPS) is 21.8. The number of rotatable bonds is 4. The third kappa shape index (κ3) is 4.69. The number of esters is 1. The van der Waals surface area contributed by atoms with E-state index in [0.29, 0.717) is 31.7 Å². The van der Waals surface area contributed by atoms with Gasteiger partial charge in [0.15, 0.2) is 0 Å². The fourth-order valence-electron chi connectivity index (χ4n) is 4.98. The van der Waals surface area contributed by atoms with Gasteiger partial charge in [0.1, 0.15) is 0 Å². The standard InChI is InChI=1S/C22H33N5O3/c1-2-30-20(28)17-24-13-15-26(16-14-24)21(29)25-10-5-22(6-11-25)7-12-27(18-22)19-3-8-23-9-4-19/h3-4,8-9H,2,5-7,10-18H2,1H3. The van der Waals surface area contributed by atoms with E-state index in [4.69, 9.17) is 4.74 Å². The Morgan fingerprint density at radius 3 is 2.27 bits per heavy atom. The topological polar surface area (TPSA) is 69.2 Å². The van der Waals surface area contributed by atoms with Crippen LogP contribution in [0.15, 0.2) is 24.5 Å². The molecule has 1 aromatic heterocycles. The smallest absolute Gasteiger partial charge is 0.320 e. The number of piperazine rings is 1. The Morgan fingerprint density at radius 2 is 1.60 bits per heavy atom. The largest absolute Gasteiger partial charge is 0.465 e. The van der Waals surface area contributed by atoms with Crippen LogP contribution in [0.5, 0.6) is 0 Å². The molecule has 0 atom stereocenters. The first-order valence-corrected chi connectivity index (χ1v) is 11.2. The number of anilines is 1. The number of nitrogens with zero attached hydrogens (tertiary/aromatic N) is 5. The van der Waals surface area contributed by atoms with Gasteiger partial charge in [-0.05, 0) is 43.7 Å². The summed E-state index contributed by atoms with van der Waals surface area (Å²) in [5.74, 6) is -0.184. The van der Waals surface area contributed by atoms with Crippen molar-refractivity contribution in [1.29, 1.82) is 0 Å². The summed E-state index contributed by atoms with van der Waals surface area (Å²) in [7, 11) is 0. The van der Waals surface area contributed by atoms with Crippen molar-refractivity contribution in [3.63, 3.8) is 0 Å². The molecule has 164 valence electrons. The molecule has 8 nitrogen and oxygen atoms in total. The summed E-state index contributed by atoms with van der Waals surface area (Å²) >= 11 is 0. The van der Waals surface area contributed by atoms with Crippen molar-refractivity contribution < 1.29 is 14.3 Å². The summed E-state index contributed by atoms with van der Waals surface area (Å²) in [4.78, 5) is 37.3. The van der Waals surface area contributed by atoms with Gasteiger partial charge in [-0.3, -0.25) is 14.7 Å². The van der Waals surface area contributed by atoms with Crippen LogP contribution >= 0.6 is 0 Å². The number of aromatic nitrogens is 1. The molecule has 0 unspecified atom stereocenters. The van der Waals surface area contributed by atoms with Gasteiger partial charge in [0.05, 0.1) is 13.2 Å². The van der Waals surface area contributed by atoms with Crippen LogP contribution in [0, 0.1) is 5.41 Å². The van der Waals surface area contributed by atoms with Crippen molar-refractivity contribution in [2.24, 2.45) is 5.41 Å². The molecule has 3 fully saturated rings. The molecule has 3 saturated heterocycles. The number of urea groups is 1. The summed E-state index contributed by atoms with van der Waals surface area (Å²) in [5.41, 5.74) is 1.58. The summed E-state index contributed by atoms with van der Waals surface area (Å²) in [6, 6.07) is 4.32. The predicted molar refractivity (Wildman–Crippen MR) is 114 cm³/mol. The zero-order valence-electron chi connectivity index (χ0n) is 18.0. The molecule has 3 aliphatic heterocycles. The van der Waals surface area contributed by atoms with Crippen molar-refractivity contribution >= 4 is 17.7 Å². The van der Waals surface area contributed by atoms with E-state index in [-0.39, 0.29) is 12.0 Å². The molecule has 2 amide bonds. The highest BCUT2D eigenvalue weighted by molar-refractivity contribution is 5.75. The Balaban J connectivity index is 1.23. The molecule has 8 heteroatoms. The molecule has 30 heavy (non-hydrogen) atoms. The summed E-state index contributed by atoms with van der Waals surface area (Å²) in [6.45, 7) is 9.19. The SMILES string of the molecule is CCOC(=O)CN1CCN(C(=O)N2CCC3(CC2)CCN(c2ccncc2)C3)CC1. The lowest BCUT2D eigenvalue weighted by Gasteiger charge is -2.42. The Morgan fingerprint density at radius 1 is 0.967 bits per heavy atom. The van der Waals surface area contributed by atoms with Crippen molar-refractivity contribution in [2.75, 3.05) is 70.4 Å². The molecule has 4 heterocycles. The monoisotopic (exact) mass is 415 g/mol. The first kappa shape index (κ1) is 20.9. The maximum Gasteiger partial charge on any atom is 0.320 e. The van der Waals surface area contributed by atoms with Crippen LogP contribution in [0.25, 0.3) is 0 Å². The minimum Gasteiger partial charge on any atom is -0.465 e. The second kappa shape index (κ2) is 9.20. The molecular weight excluding hydrogens is 382 g/mol. The van der Waals surface area contributed by atoms with Crippen molar-refractivity contribution in [3.05, 3.63) is 24.5 Å². The second-order valence-electron chi connectivity index (χ2n) is 8.71. The minimum atomic E-state index is -0.184. The van der Waals surface area contributed by atoms with Gasteiger partial charge in [-0.25, -0.2) is 4.79 Å². The van der Waals surface area contributed by atoms with Crippen molar-refractivity contribution in [2.45, 2.75) is 26.2 Å². The van der Waals surface area contributed by atoms with Crippen LogP contribution in [0.2, 0.25) is 0 Å². The number of piperidine rings is 1. The van der Waals surface area contributed by atoms with Gasteiger partial charge in [-0.1, -0.05) is 0 Å². The van der Waals surface area contributed by atoms with E-state index in [9.17, 15) is 9.59 Å². The zero-order valence-corrected chi connectivity index (χ0v) is 18.0. The van der Waals surface area contributed by atoms with E-state index >= 15 is 0 Å². The van der Waals surface area contributed by atoms with E-state index in [1.165, 1.54) is 12.1 Å². The van der Waals surface area contributed by atoms with Crippen LogP contribution in [0.3, 0.4) is 0 Å². The molecule has 4 rings (SSSR count). The molecule has 0 aliphatic carbocycles. The maximum absolute atomic E-state index is 13.0. The van der Waals surface area contributed by atoms with Crippen LogP contribution in [-0.4, -0.2) is 97.2 Å². The third-order valence-electron chi connectivity index (χ3n) is 6.86. The molecule has 3 aliphatic rings. The molecule has 0 radical (unpaired) electrons. The number of hydrogen-bond acceptors (Lipinski definition) is 6. The van der Waals surface area contributed by atoms with Gasteiger partial charge in [0, 0.05) is 70.4 Å². The fraction of sp³-hybridized carbons (Fsp3) is 0.682. The number of carbonyl (C=O) groups is 2. The van der Waals surface area contributed by atoms with E-state index < -0.39 is 0 Å². The lowest BCUT2D eigenvalue weighted by Crippen LogP contribution is -2.55. The fourth-order valence-corrected chi connectivity index (χ4v) is 4.98. The number of hydrogen-bond donors (Lipinski definition) is 0. The van der Waals surface area contributed by atoms with Gasteiger partial charge in [-0.2, -0.15) is 0 Å². The molecule has 0 saturated carbocycles. The predicted octanol–water partition coefficient (Wildman–Crippen LogP) is 1.67. The first-order chi connectivity index (χ1) is 14.6. The van der Waals surface area contributed by atoms with Gasteiger partial charge in [0.25, 0.3) is 0 Å². The summed E-state index contributed by atoms with van der Waals surface area (Å²) < 4.78 is 5.02. The van der Waals surface area contributed by atoms with E-state index in [2.05, 4.69) is 26.9 Å². The molecule has 0 N–H and O–H groups in total. The van der Waals surface area contributed by atoms with Crippen molar-refractivity contribution in [1.82, 2.24) is 19.7 Å². The number of pyridine rings is 1. The number of amides is 2. The van der Waals surface area contributed by atoms with Crippen LogP contribution < -0.4 is 4.90 Å². The molecule has 1 aromatic rings. The Bertz CT molecular complexity index is 728. The maximum atomic E-state index is 13.0. The zero-order chi connectivity index (χ0) is 21.0. The minimum absolute atomic E-state index is 0.157. The highest BCUT2D eigenvalue weighted by Crippen LogP contribution is 2.41. The van der Waals surface area contributed by atoms with E-state index in [1.54, 1.807) is 0 Å². The highest BCUT2D eigenvalue weighted by atomic mass is 16.5. The van der Waals surface area contributed by atoms with Gasteiger partial charge < -0.3 is 19.4 Å². The summed E-state index contributed by atoms with van der Waals surface area (Å²) in [6.07, 6.45) is 7.05. The van der Waals surface area contributed by atoms with Gasteiger partial charge in [-0.15, -0.1) is 0 Å². The molecule has 0 bridgehead atoms. The van der Waals surface area contributed by atoms with Gasteiger partial charge in [0.2, 0.25) is 0 Å². The highest BCUT2D eigenvalue weighted by Gasteiger charge is 2.42. The number of ether oxygens (including phenoxy) is 1. The molecule has 0 aromatic carbocycles. The van der Waals surface area contributed by atoms with Crippen LogP contribution in [-0.2, 0) is 9.53 Å². The Labute approximate surface area is 178 Å². The first-order valence-electron chi connectivity index (χ1n) is 11.2. The molecule has 1 spiro atoms. The Kier molecular flexibility index (Phi) is 6.41. The lowest BCUT2D eigenvalue weighted by molar-refractivity contribution is -0.144. The van der Waals surface area contributed by atoms with Crippen LogP contribution in [0.1, 0.15) is 26.2 Å². The third-order valence-corrected chi connectivity index (χ3v) is 6.86. The Hall–Kier alpha value is -2.35. The summed E-state index contributed by atoms with van der Waals surface area (Å²) in [5, 5.41) is 0. The number of carbonyl (C=O) groups excluding carboxylic acids is 2. The average Bonchev–Trinajstić information content (AvgIpc) is 3.19. The van der Waals surface area contributed by atoms with E-state index in [1.807, 2.05) is 29.1 Å². The van der Waals surface area contributed by atoms with Crippen molar-refractivity contribution in [3.8, 4) is 0 Å². The van der Waals surface area contributed by atoms with E-state index in [0.717, 1.165) is 52.1 Å². The van der Waals surface area contributed by atoms with Gasteiger partial charge >= 0.3 is 12.0 Å². The molecular formula is C22H33N5O3. The average molecular weight is 416 g/mol. The second-order valence-corrected chi connectivity index (χ2v) is 8.71. The quantitative estimate of drug-likeness (QED) is 0.697. The number of likely N-dealkylation sites (tertiary alicyclic amines) is 1. The lowest BCUT2D eigenvalue weighted by atomic mass is 9.78.